The highest BCUT2D eigenvalue weighted by atomic mass is 16.1. The van der Waals surface area contributed by atoms with Crippen LogP contribution in [0.4, 0.5) is 0 Å². The van der Waals surface area contributed by atoms with Gasteiger partial charge in [0.05, 0.1) is 12.1 Å². The van der Waals surface area contributed by atoms with Gasteiger partial charge in [-0.05, 0) is 13.3 Å². The summed E-state index contributed by atoms with van der Waals surface area (Å²) in [6, 6.07) is 1.81. The van der Waals surface area contributed by atoms with Gasteiger partial charge in [0.15, 0.2) is 0 Å². The largest absolute Gasteiger partial charge is 0.347 e. The molecule has 0 aliphatic rings. The van der Waals surface area contributed by atoms with Crippen LogP contribution >= 0.6 is 0 Å². The first kappa shape index (κ1) is 12.2. The maximum Gasteiger partial charge on any atom is 0.237 e. The van der Waals surface area contributed by atoms with Crippen molar-refractivity contribution in [1.82, 2.24) is 15.3 Å². The van der Waals surface area contributed by atoms with Crippen LogP contribution in [0.1, 0.15) is 38.6 Å². The molecule has 1 heterocycles. The number of carbonyl (C=O) groups is 1. The van der Waals surface area contributed by atoms with Crippen LogP contribution in [0.2, 0.25) is 0 Å². The molecule has 1 aromatic heterocycles. The minimum absolute atomic E-state index is 0.199. The second-order valence-electron chi connectivity index (χ2n) is 3.68. The molecule has 1 amide bonds. The van der Waals surface area contributed by atoms with E-state index in [1.807, 2.05) is 19.9 Å². The smallest absolute Gasteiger partial charge is 0.237 e. The zero-order valence-electron chi connectivity index (χ0n) is 9.53. The molecule has 5 heteroatoms. The summed E-state index contributed by atoms with van der Waals surface area (Å²) in [5.41, 5.74) is 0. The molecule has 86 valence electrons. The summed E-state index contributed by atoms with van der Waals surface area (Å²) in [5, 5.41) is 11.6. The molecule has 0 saturated carbocycles. The first-order valence-corrected chi connectivity index (χ1v) is 5.38. The number of hydrogen-bond acceptors (Lipinski definition) is 3. The molecule has 0 aliphatic heterocycles. The van der Waals surface area contributed by atoms with Gasteiger partial charge in [-0.3, -0.25) is 4.79 Å². The third-order valence-corrected chi connectivity index (χ3v) is 2.34. The van der Waals surface area contributed by atoms with E-state index in [4.69, 9.17) is 5.26 Å². The van der Waals surface area contributed by atoms with E-state index in [0.717, 1.165) is 6.42 Å². The molecule has 0 aliphatic carbocycles. The second kappa shape index (κ2) is 5.91. The minimum atomic E-state index is -0.567. The van der Waals surface area contributed by atoms with Gasteiger partial charge in [-0.25, -0.2) is 4.98 Å². The van der Waals surface area contributed by atoms with Gasteiger partial charge in [-0.15, -0.1) is 0 Å². The fourth-order valence-corrected chi connectivity index (χ4v) is 1.44. The molecule has 0 radical (unpaired) electrons. The van der Waals surface area contributed by atoms with E-state index in [1.54, 1.807) is 12.4 Å². The Morgan fingerprint density at radius 3 is 3.00 bits per heavy atom. The van der Waals surface area contributed by atoms with Crippen LogP contribution in [-0.2, 0) is 4.79 Å². The van der Waals surface area contributed by atoms with Crippen molar-refractivity contribution in [3.63, 3.8) is 0 Å². The first-order chi connectivity index (χ1) is 7.69. The molecule has 2 unspecified atom stereocenters. The third-order valence-electron chi connectivity index (χ3n) is 2.34. The lowest BCUT2D eigenvalue weighted by molar-refractivity contribution is -0.124. The molecule has 2 N–H and O–H groups in total. The lowest BCUT2D eigenvalue weighted by Crippen LogP contribution is -2.32. The lowest BCUT2D eigenvalue weighted by Gasteiger charge is -2.14. The minimum Gasteiger partial charge on any atom is -0.347 e. The van der Waals surface area contributed by atoms with E-state index in [1.165, 1.54) is 0 Å². The summed E-state index contributed by atoms with van der Waals surface area (Å²) >= 11 is 0. The number of amides is 1. The van der Waals surface area contributed by atoms with E-state index in [9.17, 15) is 4.79 Å². The fourth-order valence-electron chi connectivity index (χ4n) is 1.44. The van der Waals surface area contributed by atoms with Gasteiger partial charge in [-0.2, -0.15) is 5.26 Å². The van der Waals surface area contributed by atoms with Crippen LogP contribution < -0.4 is 5.32 Å². The zero-order chi connectivity index (χ0) is 12.0. The highest BCUT2D eigenvalue weighted by Crippen LogP contribution is 2.10. The molecule has 5 nitrogen and oxygen atoms in total. The topological polar surface area (TPSA) is 81.6 Å². The Morgan fingerprint density at radius 1 is 1.75 bits per heavy atom. The maximum atomic E-state index is 11.7. The number of aromatic nitrogens is 2. The van der Waals surface area contributed by atoms with Gasteiger partial charge in [0.2, 0.25) is 5.91 Å². The van der Waals surface area contributed by atoms with Crippen molar-refractivity contribution in [3.05, 3.63) is 18.2 Å². The number of hydrogen-bond donors (Lipinski definition) is 2. The van der Waals surface area contributed by atoms with E-state index in [-0.39, 0.29) is 11.9 Å². The molecule has 0 aromatic carbocycles. The molecule has 0 bridgehead atoms. The van der Waals surface area contributed by atoms with Gasteiger partial charge >= 0.3 is 0 Å². The van der Waals surface area contributed by atoms with Crippen molar-refractivity contribution < 1.29 is 4.79 Å². The van der Waals surface area contributed by atoms with E-state index >= 15 is 0 Å². The first-order valence-electron chi connectivity index (χ1n) is 5.38. The predicted octanol–water partition coefficient (Wildman–Crippen LogP) is 1.53. The summed E-state index contributed by atoms with van der Waals surface area (Å²) in [6.45, 7) is 3.78. The molecule has 0 spiro atoms. The number of H-pyrrole nitrogens is 1. The number of nitriles is 1. The summed E-state index contributed by atoms with van der Waals surface area (Å²) < 4.78 is 0. The monoisotopic (exact) mass is 220 g/mol. The van der Waals surface area contributed by atoms with Gasteiger partial charge < -0.3 is 10.3 Å². The molecular weight excluding hydrogens is 204 g/mol. The van der Waals surface area contributed by atoms with E-state index < -0.39 is 5.92 Å². The quantitative estimate of drug-likeness (QED) is 0.789. The average Bonchev–Trinajstić information content (AvgIpc) is 2.78. The van der Waals surface area contributed by atoms with E-state index in [2.05, 4.69) is 15.3 Å². The highest BCUT2D eigenvalue weighted by Gasteiger charge is 2.19. The number of rotatable bonds is 5. The summed E-state index contributed by atoms with van der Waals surface area (Å²) in [4.78, 5) is 18.7. The van der Waals surface area contributed by atoms with Gasteiger partial charge in [0, 0.05) is 12.4 Å². The number of nitrogens with zero attached hydrogens (tertiary/aromatic N) is 2. The van der Waals surface area contributed by atoms with Crippen molar-refractivity contribution in [3.8, 4) is 6.07 Å². The predicted molar refractivity (Wildman–Crippen MR) is 59.2 cm³/mol. The number of carbonyl (C=O) groups excluding carboxylic acids is 1. The Bertz CT molecular complexity index is 366. The SMILES string of the molecule is CCCC(C#N)C(=O)NC(C)c1ncc[nH]1. The summed E-state index contributed by atoms with van der Waals surface area (Å²) in [7, 11) is 0. The third kappa shape index (κ3) is 3.09. The Balaban J connectivity index is 2.54. The van der Waals surface area contributed by atoms with Crippen molar-refractivity contribution in [2.45, 2.75) is 32.7 Å². The molecular formula is C11H16N4O. The van der Waals surface area contributed by atoms with Crippen LogP contribution in [0.25, 0.3) is 0 Å². The van der Waals surface area contributed by atoms with Gasteiger partial charge in [-0.1, -0.05) is 13.3 Å². The Hall–Kier alpha value is -1.83. The van der Waals surface area contributed by atoms with Crippen LogP contribution in [-0.4, -0.2) is 15.9 Å². The Kier molecular flexibility index (Phi) is 4.52. The molecule has 2 atom stereocenters. The fraction of sp³-hybridized carbons (Fsp3) is 0.545. The van der Waals surface area contributed by atoms with Gasteiger partial charge in [0.1, 0.15) is 11.7 Å². The van der Waals surface area contributed by atoms with Crippen molar-refractivity contribution >= 4 is 5.91 Å². The zero-order valence-corrected chi connectivity index (χ0v) is 9.53. The molecule has 0 saturated heterocycles. The van der Waals surface area contributed by atoms with Crippen LogP contribution in [0.3, 0.4) is 0 Å². The van der Waals surface area contributed by atoms with Crippen molar-refractivity contribution in [1.29, 1.82) is 5.26 Å². The number of aromatic amines is 1. The highest BCUT2D eigenvalue weighted by molar-refractivity contribution is 5.81. The average molecular weight is 220 g/mol. The van der Waals surface area contributed by atoms with Crippen molar-refractivity contribution in [2.75, 3.05) is 0 Å². The van der Waals surface area contributed by atoms with Crippen molar-refractivity contribution in [2.24, 2.45) is 5.92 Å². The molecule has 1 rings (SSSR count). The van der Waals surface area contributed by atoms with Crippen LogP contribution in [0, 0.1) is 17.2 Å². The molecule has 1 aromatic rings. The van der Waals surface area contributed by atoms with Gasteiger partial charge in [0.25, 0.3) is 0 Å². The number of imidazole rings is 1. The van der Waals surface area contributed by atoms with Crippen LogP contribution in [0.15, 0.2) is 12.4 Å². The lowest BCUT2D eigenvalue weighted by atomic mass is 10.0. The maximum absolute atomic E-state index is 11.7. The van der Waals surface area contributed by atoms with E-state index in [0.29, 0.717) is 12.2 Å². The molecule has 16 heavy (non-hydrogen) atoms. The normalized spacial score (nSPS) is 13.8. The summed E-state index contributed by atoms with van der Waals surface area (Å²) in [6.07, 6.45) is 4.74. The standard InChI is InChI=1S/C11H16N4O/c1-3-4-9(7-12)11(16)15-8(2)10-13-5-6-14-10/h5-6,8-9H,3-4H2,1-2H3,(H,13,14)(H,15,16). The Morgan fingerprint density at radius 2 is 2.50 bits per heavy atom. The molecule has 0 fully saturated rings. The Labute approximate surface area is 94.9 Å². The van der Waals surface area contributed by atoms with Crippen LogP contribution in [0.5, 0.6) is 0 Å². The number of nitrogens with one attached hydrogen (secondary N) is 2. The second-order valence-corrected chi connectivity index (χ2v) is 3.68. The summed E-state index contributed by atoms with van der Waals surface area (Å²) in [5.74, 6) is -0.0998.